The molecule has 3 N–H and O–H groups in total. The van der Waals surface area contributed by atoms with Crippen LogP contribution in [0.4, 0.5) is 4.79 Å². The second-order valence-electron chi connectivity index (χ2n) is 4.13. The van der Waals surface area contributed by atoms with Crippen LogP contribution >= 0.6 is 0 Å². The summed E-state index contributed by atoms with van der Waals surface area (Å²) in [6.45, 7) is 2.04. The average Bonchev–Trinajstić information content (AvgIpc) is 2.29. The highest BCUT2D eigenvalue weighted by Crippen LogP contribution is 2.02. The van der Waals surface area contributed by atoms with E-state index in [1.165, 1.54) is 0 Å². The average molecular weight is 250 g/mol. The first-order valence-corrected chi connectivity index (χ1v) is 5.88. The van der Waals surface area contributed by atoms with Crippen LogP contribution in [0.3, 0.4) is 0 Å². The lowest BCUT2D eigenvalue weighted by molar-refractivity contribution is -0.136. The maximum absolute atomic E-state index is 11.4. The first-order chi connectivity index (χ1) is 8.58. The van der Waals surface area contributed by atoms with Crippen LogP contribution in [-0.4, -0.2) is 29.7 Å². The van der Waals surface area contributed by atoms with Crippen molar-refractivity contribution < 1.29 is 14.7 Å². The maximum Gasteiger partial charge on any atom is 0.315 e. The van der Waals surface area contributed by atoms with Gasteiger partial charge < -0.3 is 15.7 Å². The number of urea groups is 1. The Morgan fingerprint density at radius 1 is 1.28 bits per heavy atom. The zero-order valence-corrected chi connectivity index (χ0v) is 10.3. The van der Waals surface area contributed by atoms with Gasteiger partial charge in [0.25, 0.3) is 0 Å². The summed E-state index contributed by atoms with van der Waals surface area (Å²) in [4.78, 5) is 21.7. The minimum Gasteiger partial charge on any atom is -0.481 e. The predicted molar refractivity (Wildman–Crippen MR) is 68.4 cm³/mol. The molecule has 0 aliphatic heterocycles. The van der Waals surface area contributed by atoms with Crippen LogP contribution in [0.5, 0.6) is 0 Å². The Hall–Kier alpha value is -2.04. The van der Waals surface area contributed by atoms with Gasteiger partial charge >= 0.3 is 12.0 Å². The molecule has 0 aliphatic carbocycles. The van der Waals surface area contributed by atoms with Crippen molar-refractivity contribution in [2.75, 3.05) is 6.54 Å². The summed E-state index contributed by atoms with van der Waals surface area (Å²) in [6.07, 6.45) is 0.674. The summed E-state index contributed by atoms with van der Waals surface area (Å²) in [6, 6.07) is 9.52. The minimum absolute atomic E-state index is 0.00257. The van der Waals surface area contributed by atoms with Gasteiger partial charge in [-0.15, -0.1) is 0 Å². The van der Waals surface area contributed by atoms with E-state index in [1.54, 1.807) is 0 Å². The largest absolute Gasteiger partial charge is 0.481 e. The first kappa shape index (κ1) is 14.0. The van der Waals surface area contributed by atoms with E-state index in [1.807, 2.05) is 37.3 Å². The fraction of sp³-hybridized carbons (Fsp3) is 0.385. The van der Waals surface area contributed by atoms with Gasteiger partial charge in [0.2, 0.25) is 0 Å². The van der Waals surface area contributed by atoms with Crippen LogP contribution < -0.4 is 10.6 Å². The first-order valence-electron chi connectivity index (χ1n) is 5.88. The highest BCUT2D eigenvalue weighted by molar-refractivity contribution is 5.75. The Kier molecular flexibility index (Phi) is 5.70. The van der Waals surface area contributed by atoms with E-state index in [2.05, 4.69) is 10.6 Å². The summed E-state index contributed by atoms with van der Waals surface area (Å²) in [7, 11) is 0. The zero-order chi connectivity index (χ0) is 13.4. The number of rotatable bonds is 6. The molecule has 0 saturated heterocycles. The van der Waals surface area contributed by atoms with E-state index in [4.69, 9.17) is 5.11 Å². The van der Waals surface area contributed by atoms with Gasteiger partial charge in [-0.05, 0) is 18.9 Å². The molecule has 98 valence electrons. The topological polar surface area (TPSA) is 78.4 Å². The molecule has 0 radical (unpaired) electrons. The van der Waals surface area contributed by atoms with Gasteiger partial charge in [-0.1, -0.05) is 30.3 Å². The Bertz CT molecular complexity index is 392. The highest BCUT2D eigenvalue weighted by atomic mass is 16.4. The third kappa shape index (κ3) is 5.89. The molecule has 2 amide bonds. The molecule has 0 saturated carbocycles. The van der Waals surface area contributed by atoms with Crippen molar-refractivity contribution >= 4 is 12.0 Å². The van der Waals surface area contributed by atoms with E-state index in [0.29, 0.717) is 0 Å². The molecular weight excluding hydrogens is 232 g/mol. The van der Waals surface area contributed by atoms with E-state index in [0.717, 1.165) is 12.0 Å². The lowest BCUT2D eigenvalue weighted by Crippen LogP contribution is -2.42. The van der Waals surface area contributed by atoms with Crippen molar-refractivity contribution in [1.82, 2.24) is 10.6 Å². The summed E-state index contributed by atoms with van der Waals surface area (Å²) in [5.41, 5.74) is 1.15. The van der Waals surface area contributed by atoms with E-state index < -0.39 is 5.97 Å². The quantitative estimate of drug-likeness (QED) is 0.714. The molecule has 0 bridgehead atoms. The van der Waals surface area contributed by atoms with Crippen LogP contribution in [0.2, 0.25) is 0 Å². The molecule has 0 aliphatic rings. The number of carboxylic acid groups (broad SMARTS) is 1. The SMILES string of the molecule is CC(Cc1ccccc1)NC(=O)NCCC(=O)O. The molecule has 5 nitrogen and oxygen atoms in total. The zero-order valence-electron chi connectivity index (χ0n) is 10.3. The molecule has 0 fully saturated rings. The Morgan fingerprint density at radius 2 is 1.94 bits per heavy atom. The summed E-state index contributed by atoms with van der Waals surface area (Å²) >= 11 is 0. The van der Waals surface area contributed by atoms with Gasteiger partial charge in [0, 0.05) is 12.6 Å². The van der Waals surface area contributed by atoms with Crippen molar-refractivity contribution in [2.24, 2.45) is 0 Å². The molecule has 1 atom stereocenters. The molecule has 0 spiro atoms. The van der Waals surface area contributed by atoms with Crippen LogP contribution in [0.1, 0.15) is 18.9 Å². The highest BCUT2D eigenvalue weighted by Gasteiger charge is 2.07. The van der Waals surface area contributed by atoms with Crippen LogP contribution in [0, 0.1) is 0 Å². The Labute approximate surface area is 106 Å². The van der Waals surface area contributed by atoms with E-state index in [9.17, 15) is 9.59 Å². The number of carbonyl (C=O) groups excluding carboxylic acids is 1. The monoisotopic (exact) mass is 250 g/mol. The predicted octanol–water partition coefficient (Wildman–Crippen LogP) is 1.39. The Balaban J connectivity index is 2.25. The normalized spacial score (nSPS) is 11.6. The van der Waals surface area contributed by atoms with E-state index >= 15 is 0 Å². The molecule has 1 aromatic rings. The number of hydrogen-bond acceptors (Lipinski definition) is 2. The van der Waals surface area contributed by atoms with Gasteiger partial charge in [-0.25, -0.2) is 4.79 Å². The van der Waals surface area contributed by atoms with Crippen LogP contribution in [0.15, 0.2) is 30.3 Å². The number of aliphatic carboxylic acids is 1. The minimum atomic E-state index is -0.923. The molecule has 1 unspecified atom stereocenters. The van der Waals surface area contributed by atoms with E-state index in [-0.39, 0.29) is 25.0 Å². The number of amides is 2. The Morgan fingerprint density at radius 3 is 2.56 bits per heavy atom. The fourth-order valence-electron chi connectivity index (χ4n) is 1.58. The van der Waals surface area contributed by atoms with Gasteiger partial charge in [0.15, 0.2) is 0 Å². The summed E-state index contributed by atoms with van der Waals surface area (Å²) in [5.74, 6) is -0.923. The van der Waals surface area contributed by atoms with Crippen molar-refractivity contribution in [3.8, 4) is 0 Å². The molecule has 1 rings (SSSR count). The van der Waals surface area contributed by atoms with Crippen molar-refractivity contribution in [3.63, 3.8) is 0 Å². The van der Waals surface area contributed by atoms with Gasteiger partial charge in [-0.2, -0.15) is 0 Å². The van der Waals surface area contributed by atoms with Gasteiger partial charge in [0.05, 0.1) is 6.42 Å². The molecule has 18 heavy (non-hydrogen) atoms. The van der Waals surface area contributed by atoms with Crippen LogP contribution in [-0.2, 0) is 11.2 Å². The number of carboxylic acids is 1. The standard InChI is InChI=1S/C13H18N2O3/c1-10(9-11-5-3-2-4-6-11)15-13(18)14-8-7-12(16)17/h2-6,10H,7-9H2,1H3,(H,16,17)(H2,14,15,18). The second kappa shape index (κ2) is 7.32. The maximum atomic E-state index is 11.4. The van der Waals surface area contributed by atoms with Crippen molar-refractivity contribution in [3.05, 3.63) is 35.9 Å². The lowest BCUT2D eigenvalue weighted by Gasteiger charge is -2.14. The number of hydrogen-bond donors (Lipinski definition) is 3. The smallest absolute Gasteiger partial charge is 0.315 e. The third-order valence-electron chi connectivity index (χ3n) is 2.39. The van der Waals surface area contributed by atoms with Crippen molar-refractivity contribution in [2.45, 2.75) is 25.8 Å². The van der Waals surface area contributed by atoms with Crippen LogP contribution in [0.25, 0.3) is 0 Å². The molecule has 0 heterocycles. The molecule has 5 heteroatoms. The summed E-state index contributed by atoms with van der Waals surface area (Å²) < 4.78 is 0. The van der Waals surface area contributed by atoms with Crippen molar-refractivity contribution in [1.29, 1.82) is 0 Å². The second-order valence-corrected chi connectivity index (χ2v) is 4.13. The molecule has 1 aromatic carbocycles. The summed E-state index contributed by atoms with van der Waals surface area (Å²) in [5, 5.41) is 13.7. The molecular formula is C13H18N2O3. The number of benzene rings is 1. The molecule has 0 aromatic heterocycles. The lowest BCUT2D eigenvalue weighted by atomic mass is 10.1. The van der Waals surface area contributed by atoms with Gasteiger partial charge in [0.1, 0.15) is 0 Å². The number of nitrogens with one attached hydrogen (secondary N) is 2. The fourth-order valence-corrected chi connectivity index (χ4v) is 1.58. The third-order valence-corrected chi connectivity index (χ3v) is 2.39. The van der Waals surface area contributed by atoms with Gasteiger partial charge in [-0.3, -0.25) is 4.79 Å². The number of carbonyl (C=O) groups is 2.